The number of aromatic nitrogens is 6. The third kappa shape index (κ3) is 27.9. The SMILES string of the molecule is CCc1cc(OCCCCN=[N+]=[N-])ccc1-c1ccc(C[C@H](NC(=O)[C@H](CC(=O)O)NC(=O)[C@H](CO)NC(=O)[C@@H](NC(=O)[C@](C)(Cc2ccccc2F)NC(=O)[C@@H](NC(=O)CNC(=O)[C@H](Cc2nn[nH]n2)NC(=O)C(C)(C)C(=O)NCCc2cnc[nH]2)[C@@H](C)O)[C@@H](C)O)C(=O)N[C@@H](CCCc2cc(C)cc(C)c2)C(=O)O)cc1. The quantitative estimate of drug-likeness (QED) is 0.00814. The molecule has 2 aromatic heterocycles. The highest BCUT2D eigenvalue weighted by molar-refractivity contribution is 6.06. The minimum Gasteiger partial charge on any atom is -0.494 e. The topological polar surface area (TPSA) is 567 Å². The zero-order valence-electron chi connectivity index (χ0n) is 63.8. The van der Waals surface area contributed by atoms with Crippen molar-refractivity contribution >= 4 is 71.0 Å². The highest BCUT2D eigenvalue weighted by atomic mass is 19.1. The van der Waals surface area contributed by atoms with Crippen molar-refractivity contribution in [1.29, 1.82) is 0 Å². The second-order valence-corrected chi connectivity index (χ2v) is 27.9. The molecule has 113 heavy (non-hydrogen) atoms. The number of hydrogen-bond acceptors (Lipinski definition) is 21. The Bertz CT molecular complexity index is 4310. The lowest BCUT2D eigenvalue weighted by Crippen LogP contribution is -2.67. The van der Waals surface area contributed by atoms with Crippen LogP contribution in [0.5, 0.6) is 5.75 Å². The first-order valence-electron chi connectivity index (χ1n) is 36.4. The second-order valence-electron chi connectivity index (χ2n) is 27.9. The molecule has 0 radical (unpaired) electrons. The number of carboxylic acid groups (broad SMARTS) is 2. The molecular weight excluding hydrogens is 1470 g/mol. The van der Waals surface area contributed by atoms with Gasteiger partial charge >= 0.3 is 11.9 Å². The number of ether oxygens (including phenoxy) is 1. The molecule has 4 aromatic carbocycles. The molecule has 2 heterocycles. The van der Waals surface area contributed by atoms with E-state index in [1.807, 2.05) is 51.1 Å². The third-order valence-electron chi connectivity index (χ3n) is 18.2. The Morgan fingerprint density at radius 2 is 1.31 bits per heavy atom. The number of carboxylic acids is 2. The molecule has 608 valence electrons. The number of imidazole rings is 1. The average molecular weight is 1570 g/mol. The summed E-state index contributed by atoms with van der Waals surface area (Å²) in [4.78, 5) is 175. The summed E-state index contributed by atoms with van der Waals surface area (Å²) in [7, 11) is 0. The minimum absolute atomic E-state index is 0.0582. The van der Waals surface area contributed by atoms with Crippen LogP contribution in [0, 0.1) is 25.1 Å². The molecular formula is C75H98FN19O18. The predicted octanol–water partition coefficient (Wildman–Crippen LogP) is 0.511. The van der Waals surface area contributed by atoms with E-state index in [0.717, 1.165) is 60.2 Å². The number of azide groups is 1. The number of H-pyrrole nitrogens is 2. The smallest absolute Gasteiger partial charge is 0.326 e. The summed E-state index contributed by atoms with van der Waals surface area (Å²) in [5.74, 6) is -15.0. The standard InChI is InChI=1S/C75H98FN19O18/c1-9-47-33-51(113-28-13-12-26-82-93-77)23-24-52(47)48-21-19-45(20-22-48)32-55(65(103)83-54(70(108)109)18-14-15-46-30-41(2)29-42(3)31-46)84-66(104)57(35-61(100)101)85-67(105)58(39-96)86-68(106)62(43(4)97)89-73(112)75(8,36-49-16-10-11-17-53(49)76)90-69(107)63(44(5)98)88-60(99)38-80-64(102)56(34-59-91-94-95-92-59)87-72(111)74(6,7)71(110)79-27-25-50-37-78-40-81-50/h10-11,16-17,19-24,29-31,33,37,40,43-44,54-58,62-63,96-98H,9,12-15,18,25-28,32,34-36,38-39H2,1-8H3,(H,78,81)(H,79,110)(H,80,102)(H,83,103)(H,84,104)(H,85,105)(H,86,106)(H,87,111)(H,88,99)(H,89,112)(H,90,107)(H,100,101)(H,108,109)(H,91,92,94,95)/t43-,44-,54+,55+,56+,57+,58+,62+,63+,75+/m1/s1. The fourth-order valence-electron chi connectivity index (χ4n) is 11.9. The van der Waals surface area contributed by atoms with Gasteiger partial charge in [0.25, 0.3) is 0 Å². The number of aliphatic hydroxyl groups excluding tert-OH is 3. The van der Waals surface area contributed by atoms with E-state index in [9.17, 15) is 83.1 Å². The zero-order valence-corrected chi connectivity index (χ0v) is 63.8. The number of carbonyl (C=O) groups is 12. The number of hydrogen-bond donors (Lipinski definition) is 17. The number of amides is 10. The van der Waals surface area contributed by atoms with Crippen LogP contribution in [0.3, 0.4) is 0 Å². The first-order chi connectivity index (χ1) is 53.6. The molecule has 10 amide bonds. The van der Waals surface area contributed by atoms with Gasteiger partial charge in [-0.3, -0.25) is 52.7 Å². The molecule has 38 heteroatoms. The van der Waals surface area contributed by atoms with E-state index < -0.39 is 175 Å². The van der Waals surface area contributed by atoms with Crippen molar-refractivity contribution in [3.8, 4) is 16.9 Å². The van der Waals surface area contributed by atoms with Gasteiger partial charge in [0.2, 0.25) is 59.1 Å². The minimum atomic E-state index is -2.41. The van der Waals surface area contributed by atoms with Gasteiger partial charge in [-0.25, -0.2) is 14.2 Å². The zero-order chi connectivity index (χ0) is 83.1. The number of benzene rings is 4. The number of aromatic amines is 2. The van der Waals surface area contributed by atoms with Gasteiger partial charge in [-0.2, -0.15) is 5.21 Å². The number of aliphatic carboxylic acids is 2. The summed E-state index contributed by atoms with van der Waals surface area (Å²) in [6.45, 7) is 10.2. The lowest BCUT2D eigenvalue weighted by molar-refractivity contribution is -0.143. The van der Waals surface area contributed by atoms with Crippen LogP contribution in [0.2, 0.25) is 0 Å². The van der Waals surface area contributed by atoms with Gasteiger partial charge in [-0.1, -0.05) is 95.1 Å². The fraction of sp³-hybridized carbons (Fsp3) is 0.467. The Labute approximate surface area is 649 Å². The number of carbonyl (C=O) groups excluding carboxylic acids is 10. The lowest BCUT2D eigenvalue weighted by Gasteiger charge is -2.34. The van der Waals surface area contributed by atoms with Crippen molar-refractivity contribution in [3.05, 3.63) is 159 Å². The fourth-order valence-corrected chi connectivity index (χ4v) is 11.9. The summed E-state index contributed by atoms with van der Waals surface area (Å²) in [6.07, 6.45) is -0.406. The number of halogens is 1. The van der Waals surface area contributed by atoms with Crippen molar-refractivity contribution in [2.75, 3.05) is 32.8 Å². The summed E-state index contributed by atoms with van der Waals surface area (Å²) in [5.41, 5.74) is 10.7. The molecule has 10 atom stereocenters. The Morgan fingerprint density at radius 1 is 0.664 bits per heavy atom. The van der Waals surface area contributed by atoms with Crippen LogP contribution in [0.15, 0.2) is 103 Å². The normalized spacial score (nSPS) is 14.1. The van der Waals surface area contributed by atoms with E-state index in [0.29, 0.717) is 68.7 Å². The van der Waals surface area contributed by atoms with E-state index >= 15 is 4.39 Å². The summed E-state index contributed by atoms with van der Waals surface area (Å²) in [6, 6.07) is 10.2. The van der Waals surface area contributed by atoms with E-state index in [2.05, 4.69) is 93.8 Å². The maximum atomic E-state index is 15.5. The van der Waals surface area contributed by atoms with Crippen LogP contribution in [0.4, 0.5) is 4.39 Å². The monoisotopic (exact) mass is 1570 g/mol. The summed E-state index contributed by atoms with van der Waals surface area (Å²) in [5, 5.41) is 93.4. The van der Waals surface area contributed by atoms with Crippen LogP contribution < -0.4 is 57.9 Å². The lowest BCUT2D eigenvalue weighted by atomic mass is 9.90. The third-order valence-corrected chi connectivity index (χ3v) is 18.2. The molecule has 0 saturated carbocycles. The first-order valence-corrected chi connectivity index (χ1v) is 36.4. The van der Waals surface area contributed by atoms with Crippen molar-refractivity contribution < 1.29 is 92.2 Å². The highest BCUT2D eigenvalue weighted by Crippen LogP contribution is 2.29. The molecule has 0 aliphatic rings. The Morgan fingerprint density at radius 3 is 1.93 bits per heavy atom. The highest BCUT2D eigenvalue weighted by Gasteiger charge is 2.43. The number of unbranched alkanes of at least 4 members (excludes halogenated alkanes) is 1. The number of rotatable bonds is 46. The largest absolute Gasteiger partial charge is 0.494 e. The molecule has 0 fully saturated rings. The maximum Gasteiger partial charge on any atom is 0.326 e. The Hall–Kier alpha value is -12.3. The maximum absolute atomic E-state index is 15.5. The van der Waals surface area contributed by atoms with Gasteiger partial charge in [-0.15, -0.1) is 10.2 Å². The van der Waals surface area contributed by atoms with E-state index in [1.54, 1.807) is 36.5 Å². The molecule has 0 saturated heterocycles. The average Bonchev–Trinajstić information content (AvgIpc) is 1.38. The molecule has 0 spiro atoms. The summed E-state index contributed by atoms with van der Waals surface area (Å²) >= 11 is 0. The van der Waals surface area contributed by atoms with Gasteiger partial charge in [0.05, 0.1) is 44.7 Å². The molecule has 6 aromatic rings. The Kier molecular flexibility index (Phi) is 34.4. The van der Waals surface area contributed by atoms with E-state index in [-0.39, 0.29) is 30.8 Å². The molecule has 37 nitrogen and oxygen atoms in total. The second kappa shape index (κ2) is 43.4. The van der Waals surface area contributed by atoms with Gasteiger partial charge in [0.15, 0.2) is 5.82 Å². The number of aryl methyl sites for hydroxylation is 4. The van der Waals surface area contributed by atoms with Crippen molar-refractivity contribution in [3.63, 3.8) is 0 Å². The molecule has 0 aliphatic carbocycles. The number of aliphatic hydroxyl groups is 3. The van der Waals surface area contributed by atoms with Crippen molar-refractivity contribution in [2.45, 2.75) is 186 Å². The van der Waals surface area contributed by atoms with Crippen molar-refractivity contribution in [1.82, 2.24) is 83.8 Å². The molecule has 0 unspecified atom stereocenters. The first kappa shape index (κ1) is 89.6. The van der Waals surface area contributed by atoms with Crippen LogP contribution >= 0.6 is 0 Å². The number of nitrogens with zero attached hydrogens (tertiary/aromatic N) is 7. The van der Waals surface area contributed by atoms with Crippen LogP contribution in [0.1, 0.15) is 119 Å². The van der Waals surface area contributed by atoms with Crippen LogP contribution in [0.25, 0.3) is 21.6 Å². The predicted molar refractivity (Wildman–Crippen MR) is 403 cm³/mol. The van der Waals surface area contributed by atoms with Gasteiger partial charge < -0.3 is 88.4 Å². The van der Waals surface area contributed by atoms with Gasteiger partial charge in [0.1, 0.15) is 64.8 Å². The van der Waals surface area contributed by atoms with Crippen LogP contribution in [-0.2, 0) is 96.1 Å². The number of nitrogens with one attached hydrogen (secondary N) is 12. The molecule has 6 rings (SSSR count). The molecule has 0 aliphatic heterocycles. The number of tetrazole rings is 1. The van der Waals surface area contributed by atoms with E-state index in [4.69, 9.17) is 10.3 Å². The van der Waals surface area contributed by atoms with E-state index in [1.165, 1.54) is 38.4 Å². The van der Waals surface area contributed by atoms with Gasteiger partial charge in [0, 0.05) is 55.6 Å². The summed E-state index contributed by atoms with van der Waals surface area (Å²) < 4.78 is 21.5. The molecule has 0 bridgehead atoms. The molecule has 17 N–H and O–H groups in total. The van der Waals surface area contributed by atoms with Gasteiger partial charge in [-0.05, 0) is 144 Å². The van der Waals surface area contributed by atoms with Crippen molar-refractivity contribution in [2.24, 2.45) is 10.5 Å². The van der Waals surface area contributed by atoms with Crippen LogP contribution in [-0.4, -0.2) is 220 Å². The Balaban J connectivity index is 1.17.